The molecule has 1 fully saturated rings. The van der Waals surface area contributed by atoms with Crippen LogP contribution < -0.4 is 4.90 Å². The van der Waals surface area contributed by atoms with Gasteiger partial charge in [0.2, 0.25) is 0 Å². The van der Waals surface area contributed by atoms with E-state index < -0.39 is 0 Å². The molecule has 0 saturated carbocycles. The number of hydrogen-bond acceptors (Lipinski definition) is 3. The number of pyridine rings is 1. The summed E-state index contributed by atoms with van der Waals surface area (Å²) in [7, 11) is 0. The third-order valence-corrected chi connectivity index (χ3v) is 3.50. The number of para-hydroxylation sites is 1. The van der Waals surface area contributed by atoms with Crippen LogP contribution in [-0.2, 0) is 0 Å². The number of aromatic nitrogens is 1. The molecule has 90 valence electrons. The predicted octanol–water partition coefficient (Wildman–Crippen LogP) is 3.10. The summed E-state index contributed by atoms with van der Waals surface area (Å²) in [6.07, 6.45) is 3.74. The second-order valence-corrected chi connectivity index (χ2v) is 4.70. The Morgan fingerprint density at radius 2 is 1.89 bits per heavy atom. The van der Waals surface area contributed by atoms with Gasteiger partial charge in [-0.15, -0.1) is 0 Å². The quantitative estimate of drug-likeness (QED) is 0.765. The van der Waals surface area contributed by atoms with Crippen LogP contribution in [0.3, 0.4) is 0 Å². The normalized spacial score (nSPS) is 15.6. The van der Waals surface area contributed by atoms with E-state index in [-0.39, 0.29) is 0 Å². The number of nitrogens with zero attached hydrogens (tertiary/aromatic N) is 3. The number of hydrogen-bond donors (Lipinski definition) is 0. The van der Waals surface area contributed by atoms with Crippen molar-refractivity contribution in [2.45, 2.75) is 19.3 Å². The number of rotatable bonds is 1. The summed E-state index contributed by atoms with van der Waals surface area (Å²) in [5.41, 5.74) is 1.64. The first-order valence-electron chi connectivity index (χ1n) is 6.43. The third-order valence-electron chi connectivity index (χ3n) is 3.50. The molecular weight excluding hydrogens is 222 g/mol. The van der Waals surface area contributed by atoms with Gasteiger partial charge in [-0.2, -0.15) is 5.26 Å². The van der Waals surface area contributed by atoms with Crippen molar-refractivity contribution in [2.75, 3.05) is 18.0 Å². The Morgan fingerprint density at radius 1 is 1.11 bits per heavy atom. The highest BCUT2D eigenvalue weighted by atomic mass is 15.2. The Hall–Kier alpha value is -2.08. The molecular formula is C15H15N3. The maximum atomic E-state index is 9.26. The van der Waals surface area contributed by atoms with E-state index in [2.05, 4.69) is 16.0 Å². The molecule has 1 aliphatic rings. The van der Waals surface area contributed by atoms with Crippen LogP contribution in [0.1, 0.15) is 24.8 Å². The van der Waals surface area contributed by atoms with Crippen molar-refractivity contribution >= 4 is 16.7 Å². The van der Waals surface area contributed by atoms with Gasteiger partial charge in [0, 0.05) is 18.5 Å². The lowest BCUT2D eigenvalue weighted by molar-refractivity contribution is 0.574. The molecule has 1 saturated heterocycles. The largest absolute Gasteiger partial charge is 0.357 e. The maximum Gasteiger partial charge on any atom is 0.130 e. The standard InChI is InChI=1S/C15H15N3/c16-11-12-10-15(18-8-4-1-5-9-18)17-14-7-3-2-6-13(12)14/h2-3,6-7,10H,1,4-5,8-9H2. The van der Waals surface area contributed by atoms with E-state index in [4.69, 9.17) is 0 Å². The highest BCUT2D eigenvalue weighted by molar-refractivity contribution is 5.86. The van der Waals surface area contributed by atoms with Gasteiger partial charge in [-0.1, -0.05) is 18.2 Å². The zero-order valence-electron chi connectivity index (χ0n) is 10.3. The van der Waals surface area contributed by atoms with Crippen LogP contribution >= 0.6 is 0 Å². The summed E-state index contributed by atoms with van der Waals surface area (Å²) in [4.78, 5) is 6.97. The average Bonchev–Trinajstić information content (AvgIpc) is 2.47. The van der Waals surface area contributed by atoms with Crippen LogP contribution in [0, 0.1) is 11.3 Å². The van der Waals surface area contributed by atoms with E-state index in [1.807, 2.05) is 30.3 Å². The lowest BCUT2D eigenvalue weighted by atomic mass is 10.1. The summed E-state index contributed by atoms with van der Waals surface area (Å²) in [6.45, 7) is 2.10. The molecule has 0 aliphatic carbocycles. The maximum absolute atomic E-state index is 9.26. The van der Waals surface area contributed by atoms with E-state index in [1.165, 1.54) is 19.3 Å². The second kappa shape index (κ2) is 4.66. The molecule has 0 radical (unpaired) electrons. The summed E-state index contributed by atoms with van der Waals surface area (Å²) < 4.78 is 0. The van der Waals surface area contributed by atoms with Crippen molar-refractivity contribution in [3.63, 3.8) is 0 Å². The number of anilines is 1. The molecule has 0 atom stereocenters. The molecule has 3 heteroatoms. The van der Waals surface area contributed by atoms with E-state index in [0.29, 0.717) is 0 Å². The molecule has 0 spiro atoms. The minimum absolute atomic E-state index is 0.723. The molecule has 18 heavy (non-hydrogen) atoms. The van der Waals surface area contributed by atoms with Crippen LogP contribution in [0.2, 0.25) is 0 Å². The molecule has 3 nitrogen and oxygen atoms in total. The van der Waals surface area contributed by atoms with Crippen molar-refractivity contribution in [1.29, 1.82) is 5.26 Å². The van der Waals surface area contributed by atoms with Gasteiger partial charge < -0.3 is 4.90 Å². The van der Waals surface area contributed by atoms with Crippen LogP contribution in [0.4, 0.5) is 5.82 Å². The first kappa shape index (κ1) is 11.0. The van der Waals surface area contributed by atoms with Crippen LogP contribution in [0.15, 0.2) is 30.3 Å². The van der Waals surface area contributed by atoms with Gasteiger partial charge in [-0.3, -0.25) is 0 Å². The number of nitriles is 1. The van der Waals surface area contributed by atoms with Crippen LogP contribution in [0.25, 0.3) is 10.9 Å². The molecule has 0 bridgehead atoms. The summed E-state index contributed by atoms with van der Waals surface area (Å²) in [5.74, 6) is 0.949. The van der Waals surface area contributed by atoms with Crippen LogP contribution in [-0.4, -0.2) is 18.1 Å². The Kier molecular flexibility index (Phi) is 2.85. The summed E-state index contributed by atoms with van der Waals surface area (Å²) >= 11 is 0. The van der Waals surface area contributed by atoms with Gasteiger partial charge in [-0.05, 0) is 31.4 Å². The van der Waals surface area contributed by atoms with Crippen molar-refractivity contribution in [1.82, 2.24) is 4.98 Å². The van der Waals surface area contributed by atoms with Gasteiger partial charge in [-0.25, -0.2) is 4.98 Å². The van der Waals surface area contributed by atoms with E-state index in [1.54, 1.807) is 0 Å². The molecule has 2 aromatic rings. The fourth-order valence-electron chi connectivity index (χ4n) is 2.54. The predicted molar refractivity (Wildman–Crippen MR) is 72.5 cm³/mol. The van der Waals surface area contributed by atoms with Gasteiger partial charge in [0.25, 0.3) is 0 Å². The van der Waals surface area contributed by atoms with Crippen molar-refractivity contribution in [3.8, 4) is 6.07 Å². The average molecular weight is 237 g/mol. The zero-order valence-corrected chi connectivity index (χ0v) is 10.3. The minimum atomic E-state index is 0.723. The zero-order chi connectivity index (χ0) is 12.4. The van der Waals surface area contributed by atoms with Crippen molar-refractivity contribution < 1.29 is 0 Å². The number of benzene rings is 1. The first-order chi connectivity index (χ1) is 8.88. The Morgan fingerprint density at radius 3 is 2.67 bits per heavy atom. The van der Waals surface area contributed by atoms with Gasteiger partial charge in [0.1, 0.15) is 5.82 Å². The van der Waals surface area contributed by atoms with E-state index in [0.717, 1.165) is 35.4 Å². The Labute approximate surface area is 107 Å². The fraction of sp³-hybridized carbons (Fsp3) is 0.333. The highest BCUT2D eigenvalue weighted by Crippen LogP contribution is 2.24. The fourth-order valence-corrected chi connectivity index (χ4v) is 2.54. The minimum Gasteiger partial charge on any atom is -0.357 e. The lowest BCUT2D eigenvalue weighted by Crippen LogP contribution is -2.30. The molecule has 1 aromatic heterocycles. The molecule has 0 unspecified atom stereocenters. The Bertz CT molecular complexity index is 607. The van der Waals surface area contributed by atoms with Crippen molar-refractivity contribution in [2.24, 2.45) is 0 Å². The molecule has 0 N–H and O–H groups in total. The van der Waals surface area contributed by atoms with Crippen LogP contribution in [0.5, 0.6) is 0 Å². The lowest BCUT2D eigenvalue weighted by Gasteiger charge is -2.28. The molecule has 0 amide bonds. The monoisotopic (exact) mass is 237 g/mol. The van der Waals surface area contributed by atoms with Gasteiger partial charge in [0.05, 0.1) is 17.1 Å². The molecule has 2 heterocycles. The smallest absolute Gasteiger partial charge is 0.130 e. The number of piperidine rings is 1. The molecule has 1 aliphatic heterocycles. The first-order valence-corrected chi connectivity index (χ1v) is 6.43. The SMILES string of the molecule is N#Cc1cc(N2CCCCC2)nc2ccccc12. The molecule has 1 aromatic carbocycles. The highest BCUT2D eigenvalue weighted by Gasteiger charge is 2.14. The van der Waals surface area contributed by atoms with E-state index >= 15 is 0 Å². The topological polar surface area (TPSA) is 39.9 Å². The second-order valence-electron chi connectivity index (χ2n) is 4.70. The summed E-state index contributed by atoms with van der Waals surface area (Å²) in [5, 5.41) is 10.2. The van der Waals surface area contributed by atoms with E-state index in [9.17, 15) is 5.26 Å². The molecule has 3 rings (SSSR count). The Balaban J connectivity index is 2.10. The third kappa shape index (κ3) is 1.91. The summed E-state index contributed by atoms with van der Waals surface area (Å²) in [6, 6.07) is 12.1. The number of fused-ring (bicyclic) bond motifs is 1. The van der Waals surface area contributed by atoms with Crippen molar-refractivity contribution in [3.05, 3.63) is 35.9 Å². The van der Waals surface area contributed by atoms with Gasteiger partial charge >= 0.3 is 0 Å². The van der Waals surface area contributed by atoms with Gasteiger partial charge in [0.15, 0.2) is 0 Å².